The van der Waals surface area contributed by atoms with Crippen molar-refractivity contribution in [3.8, 4) is 16.3 Å². The van der Waals surface area contributed by atoms with Crippen LogP contribution in [0, 0.1) is 6.92 Å². The molecule has 238 valence electrons. The van der Waals surface area contributed by atoms with Crippen LogP contribution in [0.25, 0.3) is 31.6 Å². The number of aryl methyl sites for hydroxylation is 1. The molecule has 1 aromatic heterocycles. The van der Waals surface area contributed by atoms with Gasteiger partial charge in [0.25, 0.3) is 10.1 Å². The van der Waals surface area contributed by atoms with Crippen LogP contribution >= 0.6 is 22.9 Å². The van der Waals surface area contributed by atoms with Crippen molar-refractivity contribution >= 4 is 92.6 Å². The number of aromatic nitrogens is 1. The molecule has 0 saturated heterocycles. The van der Waals surface area contributed by atoms with Crippen molar-refractivity contribution in [3.63, 3.8) is 0 Å². The van der Waals surface area contributed by atoms with Crippen molar-refractivity contribution < 1.29 is 90.2 Å². The summed E-state index contributed by atoms with van der Waals surface area (Å²) in [4.78, 5) is 3.26. The minimum Gasteiger partial charge on any atom is -0.871 e. The number of hydrogen-bond donors (Lipinski definition) is 2. The summed E-state index contributed by atoms with van der Waals surface area (Å²) in [6.45, 7) is 1.64. The SMILES string of the molecule is Cc1cc(N=Nc2c(S(=O)(=O)O)cc3c(ccc4nc(-c5ccc(N)cc5)sc43)c2[O-])ccc1N=Nc1ccc(Cl)cc1S(=O)(=O)[O-].[Na+].[Na+]. The maximum Gasteiger partial charge on any atom is 1.00 e. The standard InChI is InChI=1S/C30H21ClN6O7S3.2Na/c1-15-12-19(7-10-22(15)35-36-23-9-4-17(31)13-25(23)46(39,40)41)34-37-27-26(47(42,43)44)14-21-20(28(27)38)8-11-24-29(21)45-30(33-24)16-2-5-18(32)6-3-16;;/h2-14,38H,32H2,1H3,(H,39,40,41)(H,42,43,44);;/q;2*+1/p-2. The molecule has 0 aliphatic heterocycles. The van der Waals surface area contributed by atoms with Gasteiger partial charge in [-0.1, -0.05) is 23.4 Å². The summed E-state index contributed by atoms with van der Waals surface area (Å²) < 4.78 is 70.3. The summed E-state index contributed by atoms with van der Waals surface area (Å²) in [5.74, 6) is -0.766. The number of nitrogen functional groups attached to an aromatic ring is 1. The van der Waals surface area contributed by atoms with Crippen LogP contribution in [-0.2, 0) is 20.2 Å². The average molecular weight is 753 g/mol. The maximum absolute atomic E-state index is 13.6. The van der Waals surface area contributed by atoms with Crippen molar-refractivity contribution in [2.45, 2.75) is 16.7 Å². The smallest absolute Gasteiger partial charge is 0.871 e. The Morgan fingerprint density at radius 1 is 0.816 bits per heavy atom. The van der Waals surface area contributed by atoms with E-state index in [1.165, 1.54) is 53.8 Å². The van der Waals surface area contributed by atoms with Crippen LogP contribution in [0.15, 0.2) is 109 Å². The van der Waals surface area contributed by atoms with Crippen molar-refractivity contribution in [1.82, 2.24) is 4.98 Å². The van der Waals surface area contributed by atoms with Gasteiger partial charge in [0.1, 0.15) is 25.7 Å². The number of nitrogens with zero attached hydrogens (tertiary/aromatic N) is 5. The second kappa shape index (κ2) is 15.2. The van der Waals surface area contributed by atoms with Crippen molar-refractivity contribution in [2.24, 2.45) is 20.5 Å². The van der Waals surface area contributed by atoms with Gasteiger partial charge < -0.3 is 15.4 Å². The van der Waals surface area contributed by atoms with Gasteiger partial charge in [0.2, 0.25) is 0 Å². The van der Waals surface area contributed by atoms with E-state index < -0.39 is 41.5 Å². The summed E-state index contributed by atoms with van der Waals surface area (Å²) in [6.07, 6.45) is 0. The molecule has 0 amide bonds. The summed E-state index contributed by atoms with van der Waals surface area (Å²) >= 11 is 7.06. The third-order valence-corrected chi connectivity index (χ3v) is 10.0. The quantitative estimate of drug-likeness (QED) is 0.105. The number of hydrogen-bond acceptors (Lipinski definition) is 13. The van der Waals surface area contributed by atoms with E-state index in [0.717, 1.165) is 11.6 Å². The van der Waals surface area contributed by atoms with E-state index in [2.05, 4.69) is 25.4 Å². The zero-order chi connectivity index (χ0) is 33.7. The minimum absolute atomic E-state index is 0. The van der Waals surface area contributed by atoms with E-state index >= 15 is 0 Å². The first-order chi connectivity index (χ1) is 22.2. The van der Waals surface area contributed by atoms with Gasteiger partial charge in [0, 0.05) is 21.7 Å². The van der Waals surface area contributed by atoms with Gasteiger partial charge in [-0.15, -0.1) is 21.6 Å². The van der Waals surface area contributed by atoms with Gasteiger partial charge in [0.05, 0.1) is 32.2 Å². The van der Waals surface area contributed by atoms with E-state index in [4.69, 9.17) is 17.3 Å². The number of benzene rings is 5. The molecule has 1 heterocycles. The molecule has 0 saturated carbocycles. The molecule has 0 atom stereocenters. The number of thiazole rings is 1. The molecular formula is C30H19ClN6Na2O7S3. The number of rotatable bonds is 7. The second-order valence-corrected chi connectivity index (χ2v) is 14.3. The van der Waals surface area contributed by atoms with Crippen LogP contribution in [-0.4, -0.2) is 30.9 Å². The van der Waals surface area contributed by atoms with Crippen LogP contribution in [0.1, 0.15) is 5.56 Å². The largest absolute Gasteiger partial charge is 1.00 e. The van der Waals surface area contributed by atoms with Crippen molar-refractivity contribution in [3.05, 3.63) is 89.4 Å². The molecule has 0 aliphatic carbocycles. The summed E-state index contributed by atoms with van der Waals surface area (Å²) in [5.41, 5.74) is 7.86. The fourth-order valence-electron chi connectivity index (χ4n) is 4.63. The van der Waals surface area contributed by atoms with E-state index in [-0.39, 0.29) is 92.0 Å². The van der Waals surface area contributed by atoms with Crippen molar-refractivity contribution in [1.29, 1.82) is 0 Å². The van der Waals surface area contributed by atoms with Crippen LogP contribution in [0.5, 0.6) is 5.75 Å². The Balaban J connectivity index is 0.00000270. The van der Waals surface area contributed by atoms with Crippen molar-refractivity contribution in [2.75, 3.05) is 5.73 Å². The normalized spacial score (nSPS) is 12.1. The predicted octanol–water partition coefficient (Wildman–Crippen LogP) is 1.72. The summed E-state index contributed by atoms with van der Waals surface area (Å²) in [6, 6.07) is 19.4. The molecular weight excluding hydrogens is 734 g/mol. The third kappa shape index (κ3) is 8.39. The Labute approximate surface area is 333 Å². The molecule has 0 radical (unpaired) electrons. The summed E-state index contributed by atoms with van der Waals surface area (Å²) in [7, 11) is -9.79. The second-order valence-electron chi connectivity index (χ2n) is 10.1. The molecule has 0 aliphatic rings. The fraction of sp³-hybridized carbons (Fsp3) is 0.0333. The first kappa shape index (κ1) is 39.0. The third-order valence-electron chi connectivity index (χ3n) is 6.90. The van der Waals surface area contributed by atoms with Gasteiger partial charge in [0.15, 0.2) is 0 Å². The number of azo groups is 2. The van der Waals surface area contributed by atoms with E-state index in [1.807, 2.05) is 0 Å². The Kier molecular flexibility index (Phi) is 12.1. The number of halogens is 1. The first-order valence-electron chi connectivity index (χ1n) is 13.3. The van der Waals surface area contributed by atoms with Gasteiger partial charge in [-0.2, -0.15) is 18.6 Å². The predicted molar refractivity (Wildman–Crippen MR) is 175 cm³/mol. The van der Waals surface area contributed by atoms with Gasteiger partial charge in [-0.05, 0) is 90.7 Å². The van der Waals surface area contributed by atoms with Crippen LogP contribution < -0.4 is 70.0 Å². The summed E-state index contributed by atoms with van der Waals surface area (Å²) in [5, 5.41) is 30.5. The molecule has 0 fully saturated rings. The molecule has 0 spiro atoms. The average Bonchev–Trinajstić information content (AvgIpc) is 3.45. The molecule has 5 aromatic carbocycles. The van der Waals surface area contributed by atoms with Crippen LogP contribution in [0.3, 0.4) is 0 Å². The number of fused-ring (bicyclic) bond motifs is 3. The monoisotopic (exact) mass is 752 g/mol. The van der Waals surface area contributed by atoms with Crippen LogP contribution in [0.4, 0.5) is 28.4 Å². The van der Waals surface area contributed by atoms with E-state index in [9.17, 15) is 31.0 Å². The molecule has 3 N–H and O–H groups in total. The van der Waals surface area contributed by atoms with E-state index in [0.29, 0.717) is 26.5 Å². The zero-order valence-corrected chi connectivity index (χ0v) is 33.0. The molecule has 49 heavy (non-hydrogen) atoms. The Hall–Kier alpha value is -2.84. The number of nitrogens with two attached hydrogens (primary N) is 1. The Morgan fingerprint density at radius 2 is 1.49 bits per heavy atom. The topological polar surface area (TPSA) is 223 Å². The minimum atomic E-state index is -4.92. The number of anilines is 1. The van der Waals surface area contributed by atoms with Gasteiger partial charge in [-0.25, -0.2) is 13.4 Å². The zero-order valence-electron chi connectivity index (χ0n) is 25.8. The molecule has 13 nitrogen and oxygen atoms in total. The fourth-order valence-corrected chi connectivity index (χ4v) is 7.24. The molecule has 6 rings (SSSR count). The molecule has 0 unspecified atom stereocenters. The molecule has 6 aromatic rings. The van der Waals surface area contributed by atoms with Gasteiger partial charge in [-0.3, -0.25) is 4.55 Å². The Bertz CT molecular complexity index is 2530. The molecule has 0 bridgehead atoms. The first-order valence-corrected chi connectivity index (χ1v) is 17.3. The molecule has 19 heteroatoms. The van der Waals surface area contributed by atoms with Crippen LogP contribution in [0.2, 0.25) is 5.02 Å². The van der Waals surface area contributed by atoms with Gasteiger partial charge >= 0.3 is 59.1 Å². The maximum atomic E-state index is 13.6. The van der Waals surface area contributed by atoms with E-state index in [1.54, 1.807) is 37.3 Å². The Morgan fingerprint density at radius 3 is 2.14 bits per heavy atom.